The van der Waals surface area contributed by atoms with Gasteiger partial charge in [0, 0.05) is 12.6 Å². The molecule has 0 bridgehead atoms. The second-order valence-electron chi connectivity index (χ2n) is 8.79. The molecular weight excluding hydrogens is 432 g/mol. The summed E-state index contributed by atoms with van der Waals surface area (Å²) in [6, 6.07) is 14.6. The van der Waals surface area contributed by atoms with Crippen molar-refractivity contribution in [2.24, 2.45) is 0 Å². The minimum atomic E-state index is -0.710. The van der Waals surface area contributed by atoms with E-state index in [2.05, 4.69) is 16.0 Å². The monoisotopic (exact) mass is 464 g/mol. The molecule has 3 amide bonds. The molecule has 8 nitrogen and oxygen atoms in total. The van der Waals surface area contributed by atoms with Crippen LogP contribution in [0.15, 0.2) is 48.5 Å². The van der Waals surface area contributed by atoms with Gasteiger partial charge in [0.25, 0.3) is 11.8 Å². The Balaban J connectivity index is 1.45. The number of amides is 3. The highest BCUT2D eigenvalue weighted by molar-refractivity contribution is 6.04. The Morgan fingerprint density at radius 2 is 1.76 bits per heavy atom. The van der Waals surface area contributed by atoms with Crippen LogP contribution < -0.4 is 25.6 Å². The molecule has 1 aliphatic carbocycles. The molecule has 8 heteroatoms. The zero-order valence-corrected chi connectivity index (χ0v) is 19.5. The molecule has 2 aromatic rings. The van der Waals surface area contributed by atoms with Gasteiger partial charge in [-0.1, -0.05) is 44.0 Å². The molecule has 2 aliphatic rings. The maximum atomic E-state index is 13.0. The number of ether oxygens (including phenoxy) is 1. The topological polar surface area (TPSA) is 99.8 Å². The maximum absolute atomic E-state index is 13.0. The third kappa shape index (κ3) is 5.68. The second-order valence-corrected chi connectivity index (χ2v) is 8.79. The van der Waals surface area contributed by atoms with Crippen molar-refractivity contribution in [2.45, 2.75) is 51.2 Å². The van der Waals surface area contributed by atoms with Gasteiger partial charge >= 0.3 is 0 Å². The predicted molar refractivity (Wildman–Crippen MR) is 131 cm³/mol. The Morgan fingerprint density at radius 1 is 1.03 bits per heavy atom. The minimum Gasteiger partial charge on any atom is -0.477 e. The van der Waals surface area contributed by atoms with Crippen molar-refractivity contribution >= 4 is 29.1 Å². The van der Waals surface area contributed by atoms with Crippen molar-refractivity contribution in [2.75, 3.05) is 29.9 Å². The molecule has 0 radical (unpaired) electrons. The van der Waals surface area contributed by atoms with E-state index in [1.165, 1.54) is 0 Å². The third-order valence-corrected chi connectivity index (χ3v) is 6.17. The first-order valence-corrected chi connectivity index (χ1v) is 12.0. The molecule has 1 atom stereocenters. The first-order chi connectivity index (χ1) is 16.5. The molecule has 1 heterocycles. The highest BCUT2D eigenvalue weighted by atomic mass is 16.5. The van der Waals surface area contributed by atoms with Crippen LogP contribution in [0.25, 0.3) is 0 Å². The standard InChI is InChI=1S/C26H32N4O4/c1-2-15-27-26(33)23-16-30(21-13-7-8-14-22(21)34-23)17-24(31)29-20-12-6-5-11-19(20)25(32)28-18-9-3-4-10-18/h5-8,11-14,18,23H,2-4,9-10,15-17H2,1H3,(H,27,33)(H,28,32)(H,29,31)/t23-/m0/s1. The lowest BCUT2D eigenvalue weighted by Crippen LogP contribution is -2.50. The number of nitrogens with one attached hydrogen (secondary N) is 3. The fraction of sp³-hybridized carbons (Fsp3) is 0.423. The molecule has 180 valence electrons. The fourth-order valence-corrected chi connectivity index (χ4v) is 4.44. The lowest BCUT2D eigenvalue weighted by molar-refractivity contribution is -0.128. The third-order valence-electron chi connectivity index (χ3n) is 6.17. The molecule has 0 spiro atoms. The van der Waals surface area contributed by atoms with Crippen LogP contribution in [0, 0.1) is 0 Å². The minimum absolute atomic E-state index is 0.0243. The molecule has 0 unspecified atom stereocenters. The zero-order valence-electron chi connectivity index (χ0n) is 19.5. The van der Waals surface area contributed by atoms with Crippen LogP contribution in [-0.4, -0.2) is 49.5 Å². The molecule has 4 rings (SSSR count). The van der Waals surface area contributed by atoms with Crippen LogP contribution in [0.4, 0.5) is 11.4 Å². The van der Waals surface area contributed by atoms with Crippen LogP contribution in [0.3, 0.4) is 0 Å². The van der Waals surface area contributed by atoms with Gasteiger partial charge in [-0.05, 0) is 43.5 Å². The number of anilines is 2. The van der Waals surface area contributed by atoms with Crippen molar-refractivity contribution < 1.29 is 19.1 Å². The number of benzene rings is 2. The number of hydrogen-bond donors (Lipinski definition) is 3. The summed E-state index contributed by atoms with van der Waals surface area (Å²) in [4.78, 5) is 40.2. The molecule has 34 heavy (non-hydrogen) atoms. The van der Waals surface area contributed by atoms with Crippen LogP contribution in [0.2, 0.25) is 0 Å². The van der Waals surface area contributed by atoms with E-state index < -0.39 is 6.10 Å². The van der Waals surface area contributed by atoms with Gasteiger partial charge in [-0.2, -0.15) is 0 Å². The molecule has 1 saturated carbocycles. The molecule has 1 fully saturated rings. The molecular formula is C26H32N4O4. The number of rotatable bonds is 8. The SMILES string of the molecule is CCCNC(=O)[C@@H]1CN(CC(=O)Nc2ccccc2C(=O)NC2CCCC2)c2ccccc2O1. The maximum Gasteiger partial charge on any atom is 0.262 e. The summed E-state index contributed by atoms with van der Waals surface area (Å²) in [7, 11) is 0. The molecule has 0 aromatic heterocycles. The summed E-state index contributed by atoms with van der Waals surface area (Å²) < 4.78 is 5.90. The first-order valence-electron chi connectivity index (χ1n) is 12.0. The van der Waals surface area contributed by atoms with Crippen LogP contribution >= 0.6 is 0 Å². The van der Waals surface area contributed by atoms with Gasteiger partial charge in [0.15, 0.2) is 6.10 Å². The van der Waals surface area contributed by atoms with Gasteiger partial charge in [-0.25, -0.2) is 0 Å². The lowest BCUT2D eigenvalue weighted by Gasteiger charge is -2.35. The molecule has 2 aromatic carbocycles. The molecule has 3 N–H and O–H groups in total. The quantitative estimate of drug-likeness (QED) is 0.558. The van der Waals surface area contributed by atoms with Crippen LogP contribution in [0.1, 0.15) is 49.4 Å². The van der Waals surface area contributed by atoms with Crippen molar-refractivity contribution in [1.29, 1.82) is 0 Å². The summed E-state index contributed by atoms with van der Waals surface area (Å²) in [5.41, 5.74) is 1.67. The summed E-state index contributed by atoms with van der Waals surface area (Å²) in [5, 5.41) is 8.83. The second kappa shape index (κ2) is 11.0. The van der Waals surface area contributed by atoms with E-state index in [4.69, 9.17) is 4.74 Å². The summed E-state index contributed by atoms with van der Waals surface area (Å²) in [5.74, 6) is -0.0806. The van der Waals surface area contributed by atoms with E-state index in [0.717, 1.165) is 37.8 Å². The van der Waals surface area contributed by atoms with Crippen molar-refractivity contribution in [3.05, 3.63) is 54.1 Å². The molecule has 1 aliphatic heterocycles. The fourth-order valence-electron chi connectivity index (χ4n) is 4.44. The van der Waals surface area contributed by atoms with Crippen molar-refractivity contribution in [1.82, 2.24) is 10.6 Å². The van der Waals surface area contributed by atoms with E-state index in [1.54, 1.807) is 30.3 Å². The Kier molecular flexibility index (Phi) is 7.67. The Hall–Kier alpha value is -3.55. The number of carbonyl (C=O) groups excluding carboxylic acids is 3. The average molecular weight is 465 g/mol. The van der Waals surface area contributed by atoms with Crippen LogP contribution in [0.5, 0.6) is 5.75 Å². The van der Waals surface area contributed by atoms with Gasteiger partial charge in [-0.15, -0.1) is 0 Å². The normalized spacial score (nSPS) is 17.4. The van der Waals surface area contributed by atoms with E-state index in [-0.39, 0.29) is 36.9 Å². The zero-order chi connectivity index (χ0) is 23.9. The van der Waals surface area contributed by atoms with E-state index in [1.807, 2.05) is 30.0 Å². The van der Waals surface area contributed by atoms with Crippen LogP contribution in [-0.2, 0) is 9.59 Å². The number of carbonyl (C=O) groups is 3. The van der Waals surface area contributed by atoms with Gasteiger partial charge < -0.3 is 25.6 Å². The number of fused-ring (bicyclic) bond motifs is 1. The lowest BCUT2D eigenvalue weighted by atomic mass is 10.1. The largest absolute Gasteiger partial charge is 0.477 e. The van der Waals surface area contributed by atoms with Gasteiger partial charge in [0.2, 0.25) is 5.91 Å². The van der Waals surface area contributed by atoms with E-state index in [9.17, 15) is 14.4 Å². The smallest absolute Gasteiger partial charge is 0.262 e. The van der Waals surface area contributed by atoms with Crippen molar-refractivity contribution in [3.63, 3.8) is 0 Å². The number of para-hydroxylation sites is 3. The highest BCUT2D eigenvalue weighted by Crippen LogP contribution is 2.33. The predicted octanol–water partition coefficient (Wildman–Crippen LogP) is 3.09. The van der Waals surface area contributed by atoms with Crippen molar-refractivity contribution in [3.8, 4) is 5.75 Å². The van der Waals surface area contributed by atoms with Gasteiger partial charge in [-0.3, -0.25) is 14.4 Å². The number of hydrogen-bond acceptors (Lipinski definition) is 5. The Bertz CT molecular complexity index is 1030. The number of nitrogens with zero attached hydrogens (tertiary/aromatic N) is 1. The summed E-state index contributed by atoms with van der Waals surface area (Å²) in [6.45, 7) is 2.83. The Morgan fingerprint density at radius 3 is 2.56 bits per heavy atom. The first kappa shape index (κ1) is 23.6. The Labute approximate surface area is 200 Å². The highest BCUT2D eigenvalue weighted by Gasteiger charge is 2.31. The van der Waals surface area contributed by atoms with Gasteiger partial charge in [0.05, 0.1) is 30.0 Å². The van der Waals surface area contributed by atoms with E-state index in [0.29, 0.717) is 23.5 Å². The average Bonchev–Trinajstić information content (AvgIpc) is 3.35. The summed E-state index contributed by atoms with van der Waals surface area (Å²) >= 11 is 0. The summed E-state index contributed by atoms with van der Waals surface area (Å²) in [6.07, 6.45) is 4.35. The van der Waals surface area contributed by atoms with Gasteiger partial charge in [0.1, 0.15) is 5.75 Å². The molecule has 0 saturated heterocycles. The van der Waals surface area contributed by atoms with E-state index >= 15 is 0 Å².